The van der Waals surface area contributed by atoms with Crippen LogP contribution in [-0.4, -0.2) is 18.1 Å². The summed E-state index contributed by atoms with van der Waals surface area (Å²) in [6, 6.07) is 2.10. The number of pyridine rings is 1. The van der Waals surface area contributed by atoms with Crippen molar-refractivity contribution >= 4 is 11.6 Å². The van der Waals surface area contributed by atoms with Crippen molar-refractivity contribution in [2.24, 2.45) is 17.3 Å². The molecule has 19 heavy (non-hydrogen) atoms. The Bertz CT molecular complexity index is 448. The molecule has 104 valence electrons. The summed E-state index contributed by atoms with van der Waals surface area (Å²) in [6.45, 7) is 4.40. The van der Waals surface area contributed by atoms with E-state index < -0.39 is 0 Å². The molecule has 0 spiro atoms. The lowest BCUT2D eigenvalue weighted by Gasteiger charge is -2.38. The quantitative estimate of drug-likeness (QED) is 0.888. The van der Waals surface area contributed by atoms with Crippen LogP contribution in [0.2, 0.25) is 5.02 Å². The third kappa shape index (κ3) is 2.53. The molecule has 3 rings (SSSR count). The topological polar surface area (TPSA) is 24.9 Å². The molecule has 0 amide bonds. The standard InChI is InChI=1S/C16H23ClN2/c1-2-18-11-16(8-12-3-4-14(16)7-12)9-13-5-6-19-10-15(13)17/h5-6,10,12,14,18H,2-4,7-9,11H2,1H3. The van der Waals surface area contributed by atoms with Crippen LogP contribution in [0.25, 0.3) is 0 Å². The summed E-state index contributed by atoms with van der Waals surface area (Å²) in [5, 5.41) is 4.43. The first-order chi connectivity index (χ1) is 9.23. The smallest absolute Gasteiger partial charge is 0.0621 e. The Hall–Kier alpha value is -0.600. The van der Waals surface area contributed by atoms with Crippen LogP contribution in [0.3, 0.4) is 0 Å². The number of halogens is 1. The molecular formula is C16H23ClN2. The van der Waals surface area contributed by atoms with Gasteiger partial charge < -0.3 is 5.32 Å². The maximum Gasteiger partial charge on any atom is 0.0621 e. The van der Waals surface area contributed by atoms with Crippen molar-refractivity contribution in [1.82, 2.24) is 10.3 Å². The van der Waals surface area contributed by atoms with E-state index in [1.165, 1.54) is 31.2 Å². The van der Waals surface area contributed by atoms with E-state index in [1.807, 2.05) is 6.20 Å². The van der Waals surface area contributed by atoms with Crippen LogP contribution in [0.5, 0.6) is 0 Å². The van der Waals surface area contributed by atoms with Crippen molar-refractivity contribution in [1.29, 1.82) is 0 Å². The highest BCUT2D eigenvalue weighted by Gasteiger charge is 2.50. The Morgan fingerprint density at radius 3 is 3.00 bits per heavy atom. The molecule has 3 unspecified atom stereocenters. The van der Waals surface area contributed by atoms with E-state index in [1.54, 1.807) is 6.20 Å². The van der Waals surface area contributed by atoms with E-state index in [4.69, 9.17) is 11.6 Å². The second kappa shape index (κ2) is 5.41. The summed E-state index contributed by atoms with van der Waals surface area (Å²) in [4.78, 5) is 4.10. The predicted octanol–water partition coefficient (Wildman–Crippen LogP) is 3.69. The Morgan fingerprint density at radius 2 is 2.37 bits per heavy atom. The first-order valence-corrected chi connectivity index (χ1v) is 7.90. The monoisotopic (exact) mass is 278 g/mol. The number of hydrogen-bond donors (Lipinski definition) is 1. The molecule has 0 aromatic carbocycles. The highest BCUT2D eigenvalue weighted by molar-refractivity contribution is 6.31. The highest BCUT2D eigenvalue weighted by Crippen LogP contribution is 2.57. The lowest BCUT2D eigenvalue weighted by molar-refractivity contribution is 0.157. The third-order valence-corrected chi connectivity index (χ3v) is 5.57. The van der Waals surface area contributed by atoms with Crippen LogP contribution in [0.15, 0.2) is 18.5 Å². The molecule has 2 bridgehead atoms. The molecule has 1 aromatic rings. The van der Waals surface area contributed by atoms with Gasteiger partial charge in [-0.2, -0.15) is 0 Å². The van der Waals surface area contributed by atoms with Crippen LogP contribution in [0, 0.1) is 17.3 Å². The van der Waals surface area contributed by atoms with Crippen molar-refractivity contribution in [3.05, 3.63) is 29.0 Å². The molecule has 2 saturated carbocycles. The summed E-state index contributed by atoms with van der Waals surface area (Å²) < 4.78 is 0. The Kier molecular flexibility index (Phi) is 3.81. The first kappa shape index (κ1) is 13.4. The van der Waals surface area contributed by atoms with E-state index in [-0.39, 0.29) is 0 Å². The molecule has 2 aliphatic rings. The molecule has 0 aliphatic heterocycles. The van der Waals surface area contributed by atoms with E-state index in [9.17, 15) is 0 Å². The summed E-state index contributed by atoms with van der Waals surface area (Å²) in [5.74, 6) is 1.85. The fourth-order valence-electron chi connectivity index (χ4n) is 4.35. The molecule has 0 saturated heterocycles. The van der Waals surface area contributed by atoms with Crippen molar-refractivity contribution in [2.45, 2.75) is 39.0 Å². The molecule has 1 aromatic heterocycles. The molecule has 2 fully saturated rings. The Labute approximate surface area is 121 Å². The second-order valence-corrected chi connectivity index (χ2v) is 6.77. The van der Waals surface area contributed by atoms with Gasteiger partial charge in [-0.3, -0.25) is 4.98 Å². The van der Waals surface area contributed by atoms with Gasteiger partial charge in [-0.15, -0.1) is 0 Å². The minimum absolute atomic E-state index is 0.434. The number of hydrogen-bond acceptors (Lipinski definition) is 2. The largest absolute Gasteiger partial charge is 0.316 e. The van der Waals surface area contributed by atoms with E-state index in [2.05, 4.69) is 23.3 Å². The molecule has 0 radical (unpaired) electrons. The van der Waals surface area contributed by atoms with Crippen molar-refractivity contribution in [2.75, 3.05) is 13.1 Å². The number of nitrogens with zero attached hydrogens (tertiary/aromatic N) is 1. The van der Waals surface area contributed by atoms with Gasteiger partial charge in [0.25, 0.3) is 0 Å². The van der Waals surface area contributed by atoms with Crippen molar-refractivity contribution < 1.29 is 0 Å². The number of fused-ring (bicyclic) bond motifs is 2. The second-order valence-electron chi connectivity index (χ2n) is 6.37. The lowest BCUT2D eigenvalue weighted by atomic mass is 9.69. The highest BCUT2D eigenvalue weighted by atomic mass is 35.5. The Morgan fingerprint density at radius 1 is 1.47 bits per heavy atom. The maximum absolute atomic E-state index is 6.32. The Balaban J connectivity index is 1.82. The van der Waals surface area contributed by atoms with Gasteiger partial charge in [-0.1, -0.05) is 24.9 Å². The van der Waals surface area contributed by atoms with Crippen LogP contribution >= 0.6 is 11.6 Å². The zero-order chi connectivity index (χ0) is 13.3. The summed E-state index contributed by atoms with van der Waals surface area (Å²) in [6.07, 6.45) is 10.4. The molecule has 3 atom stereocenters. The SMILES string of the molecule is CCNCC1(Cc2ccncc2Cl)CC2CCC1C2. The van der Waals surface area contributed by atoms with Gasteiger partial charge in [-0.05, 0) is 61.1 Å². The molecule has 3 heteroatoms. The zero-order valence-corrected chi connectivity index (χ0v) is 12.4. The summed E-state index contributed by atoms with van der Waals surface area (Å²) in [5.41, 5.74) is 1.71. The van der Waals surface area contributed by atoms with Gasteiger partial charge >= 0.3 is 0 Å². The van der Waals surface area contributed by atoms with E-state index in [0.29, 0.717) is 5.41 Å². The molecule has 1 heterocycles. The van der Waals surface area contributed by atoms with Gasteiger partial charge in [-0.25, -0.2) is 0 Å². The average Bonchev–Trinajstić information content (AvgIpc) is 3.00. The summed E-state index contributed by atoms with van der Waals surface area (Å²) >= 11 is 6.32. The van der Waals surface area contributed by atoms with Crippen LogP contribution in [0.1, 0.15) is 38.2 Å². The van der Waals surface area contributed by atoms with Gasteiger partial charge in [0.2, 0.25) is 0 Å². The van der Waals surface area contributed by atoms with Gasteiger partial charge in [0.15, 0.2) is 0 Å². The van der Waals surface area contributed by atoms with Crippen LogP contribution in [0.4, 0.5) is 0 Å². The number of nitrogens with one attached hydrogen (secondary N) is 1. The van der Waals surface area contributed by atoms with E-state index in [0.717, 1.165) is 36.4 Å². The molecule has 1 N–H and O–H groups in total. The normalized spacial score (nSPS) is 32.9. The van der Waals surface area contributed by atoms with Crippen LogP contribution < -0.4 is 5.32 Å². The fourth-order valence-corrected chi connectivity index (χ4v) is 4.54. The first-order valence-electron chi connectivity index (χ1n) is 7.52. The number of rotatable bonds is 5. The summed E-state index contributed by atoms with van der Waals surface area (Å²) in [7, 11) is 0. The predicted molar refractivity (Wildman–Crippen MR) is 79.4 cm³/mol. The minimum Gasteiger partial charge on any atom is -0.316 e. The molecule has 2 aliphatic carbocycles. The number of aromatic nitrogens is 1. The zero-order valence-electron chi connectivity index (χ0n) is 11.7. The van der Waals surface area contributed by atoms with Gasteiger partial charge in [0.05, 0.1) is 5.02 Å². The van der Waals surface area contributed by atoms with Gasteiger partial charge in [0, 0.05) is 18.9 Å². The molecule has 2 nitrogen and oxygen atoms in total. The van der Waals surface area contributed by atoms with Crippen molar-refractivity contribution in [3.8, 4) is 0 Å². The third-order valence-electron chi connectivity index (χ3n) is 5.23. The lowest BCUT2D eigenvalue weighted by Crippen LogP contribution is -2.40. The molecular weight excluding hydrogens is 256 g/mol. The van der Waals surface area contributed by atoms with Crippen molar-refractivity contribution in [3.63, 3.8) is 0 Å². The maximum atomic E-state index is 6.32. The fraction of sp³-hybridized carbons (Fsp3) is 0.688. The minimum atomic E-state index is 0.434. The van der Waals surface area contributed by atoms with E-state index >= 15 is 0 Å². The van der Waals surface area contributed by atoms with Gasteiger partial charge in [0.1, 0.15) is 0 Å². The van der Waals surface area contributed by atoms with Crippen LogP contribution in [-0.2, 0) is 6.42 Å². The average molecular weight is 279 g/mol.